The molecule has 4 aliphatic rings. The van der Waals surface area contributed by atoms with E-state index >= 15 is 0 Å². The average Bonchev–Trinajstić information content (AvgIpc) is 3.03. The Labute approximate surface area is 190 Å². The fourth-order valence-corrected chi connectivity index (χ4v) is 9.17. The van der Waals surface area contributed by atoms with Gasteiger partial charge in [-0.15, -0.1) is 0 Å². The summed E-state index contributed by atoms with van der Waals surface area (Å²) in [6, 6.07) is 0. The first-order valence-corrected chi connectivity index (χ1v) is 13.1. The molecule has 3 nitrogen and oxygen atoms in total. The first kappa shape index (κ1) is 23.3. The second kappa shape index (κ2) is 8.19. The number of allylic oxidation sites excluding steroid dienone is 1. The molecule has 4 saturated carbocycles. The Morgan fingerprint density at radius 3 is 2.48 bits per heavy atom. The predicted molar refractivity (Wildman–Crippen MR) is 126 cm³/mol. The van der Waals surface area contributed by atoms with Crippen LogP contribution >= 0.6 is 0 Å². The number of carboxylic acids is 1. The quantitative estimate of drug-likeness (QED) is 0.469. The van der Waals surface area contributed by atoms with E-state index in [1.54, 1.807) is 0 Å². The van der Waals surface area contributed by atoms with E-state index < -0.39 is 11.6 Å². The number of aliphatic hydroxyl groups is 1. The average molecular weight is 431 g/mol. The van der Waals surface area contributed by atoms with Crippen LogP contribution in [-0.2, 0) is 4.79 Å². The molecule has 31 heavy (non-hydrogen) atoms. The second-order valence-corrected chi connectivity index (χ2v) is 13.1. The van der Waals surface area contributed by atoms with E-state index in [1.165, 1.54) is 56.6 Å². The van der Waals surface area contributed by atoms with Crippen molar-refractivity contribution in [3.63, 3.8) is 0 Å². The van der Waals surface area contributed by atoms with Crippen LogP contribution < -0.4 is 0 Å². The Morgan fingerprint density at radius 1 is 1.10 bits per heavy atom. The number of carbonyl (C=O) groups is 1. The molecule has 8 atom stereocenters. The predicted octanol–water partition coefficient (Wildman–Crippen LogP) is 6.84. The van der Waals surface area contributed by atoms with E-state index in [2.05, 4.69) is 20.8 Å². The molecule has 0 amide bonds. The molecule has 3 heteroatoms. The van der Waals surface area contributed by atoms with Crippen LogP contribution in [0, 0.1) is 46.3 Å². The summed E-state index contributed by atoms with van der Waals surface area (Å²) in [5.74, 6) is 4.00. The number of hydrogen-bond donors (Lipinski definition) is 2. The molecule has 4 fully saturated rings. The molecule has 0 bridgehead atoms. The van der Waals surface area contributed by atoms with Crippen molar-refractivity contribution in [3.05, 3.63) is 11.6 Å². The number of carboxylic acid groups (broad SMARTS) is 1. The van der Waals surface area contributed by atoms with Gasteiger partial charge in [0, 0.05) is 6.08 Å². The minimum absolute atomic E-state index is 0.407. The highest BCUT2D eigenvalue weighted by Crippen LogP contribution is 2.68. The maximum Gasteiger partial charge on any atom is 0.328 e. The Kier molecular flexibility index (Phi) is 6.16. The SMILES string of the molecule is C[C@H](CCC(C)(C)O)[C@H]1CC[C@H]2[C@@H]3CC[C@@H]4CC(=CC(=O)O)CC[C@]4(C)[C@H]3CC[C@]12C. The van der Waals surface area contributed by atoms with E-state index in [4.69, 9.17) is 0 Å². The maximum atomic E-state index is 11.2. The molecule has 0 aromatic carbocycles. The van der Waals surface area contributed by atoms with Gasteiger partial charge in [-0.3, -0.25) is 0 Å². The van der Waals surface area contributed by atoms with Gasteiger partial charge in [-0.25, -0.2) is 4.79 Å². The summed E-state index contributed by atoms with van der Waals surface area (Å²) in [4.78, 5) is 11.2. The van der Waals surface area contributed by atoms with Crippen molar-refractivity contribution in [2.45, 2.75) is 111 Å². The third-order valence-corrected chi connectivity index (χ3v) is 10.9. The number of fused-ring (bicyclic) bond motifs is 5. The molecule has 0 aromatic heterocycles. The fourth-order valence-electron chi connectivity index (χ4n) is 9.17. The van der Waals surface area contributed by atoms with Gasteiger partial charge in [0.2, 0.25) is 0 Å². The van der Waals surface area contributed by atoms with E-state index in [9.17, 15) is 15.0 Å². The lowest BCUT2D eigenvalue weighted by Gasteiger charge is -2.61. The van der Waals surface area contributed by atoms with E-state index in [-0.39, 0.29) is 0 Å². The van der Waals surface area contributed by atoms with Crippen molar-refractivity contribution < 1.29 is 15.0 Å². The number of aliphatic carboxylic acids is 1. The standard InChI is InChI=1S/C28H46O3/c1-18(10-13-26(2,3)31)22-8-9-23-21-7-6-20-16-19(17-25(29)30)11-14-27(20,4)24(21)12-15-28(22,23)5/h17-18,20-24,31H,6-16H2,1-5H3,(H,29,30)/t18-,20-,21+,22-,23+,24+,27+,28-/m1/s1. The summed E-state index contributed by atoms with van der Waals surface area (Å²) in [7, 11) is 0. The van der Waals surface area contributed by atoms with Gasteiger partial charge in [0.1, 0.15) is 0 Å². The van der Waals surface area contributed by atoms with Crippen molar-refractivity contribution in [1.29, 1.82) is 0 Å². The number of rotatable bonds is 5. The van der Waals surface area contributed by atoms with Gasteiger partial charge in [-0.05, 0) is 131 Å². The van der Waals surface area contributed by atoms with Gasteiger partial charge in [-0.2, -0.15) is 0 Å². The monoisotopic (exact) mass is 430 g/mol. The molecular weight excluding hydrogens is 384 g/mol. The zero-order chi connectivity index (χ0) is 22.6. The van der Waals surface area contributed by atoms with Gasteiger partial charge in [0.15, 0.2) is 0 Å². The summed E-state index contributed by atoms with van der Waals surface area (Å²) in [6.07, 6.45) is 14.9. The van der Waals surface area contributed by atoms with E-state index in [0.29, 0.717) is 22.7 Å². The van der Waals surface area contributed by atoms with Gasteiger partial charge in [0.05, 0.1) is 5.60 Å². The fraction of sp³-hybridized carbons (Fsp3) is 0.893. The molecule has 4 rings (SSSR count). The molecular formula is C28H46O3. The van der Waals surface area contributed by atoms with Crippen molar-refractivity contribution in [2.75, 3.05) is 0 Å². The highest BCUT2D eigenvalue weighted by molar-refractivity contribution is 5.80. The molecule has 176 valence electrons. The lowest BCUT2D eigenvalue weighted by Crippen LogP contribution is -2.53. The summed E-state index contributed by atoms with van der Waals surface area (Å²) in [6.45, 7) is 11.5. The summed E-state index contributed by atoms with van der Waals surface area (Å²) < 4.78 is 0. The van der Waals surface area contributed by atoms with Crippen LogP contribution in [0.3, 0.4) is 0 Å². The Hall–Kier alpha value is -0.830. The van der Waals surface area contributed by atoms with Gasteiger partial charge in [-0.1, -0.05) is 26.3 Å². The summed E-state index contributed by atoms with van der Waals surface area (Å²) in [5.41, 5.74) is 1.51. The highest BCUT2D eigenvalue weighted by atomic mass is 16.4. The zero-order valence-corrected chi connectivity index (χ0v) is 20.6. The molecule has 0 heterocycles. The Morgan fingerprint density at radius 2 is 1.81 bits per heavy atom. The van der Waals surface area contributed by atoms with E-state index in [1.807, 2.05) is 13.8 Å². The third-order valence-electron chi connectivity index (χ3n) is 10.9. The van der Waals surface area contributed by atoms with Gasteiger partial charge >= 0.3 is 5.97 Å². The van der Waals surface area contributed by atoms with Gasteiger partial charge in [0.25, 0.3) is 0 Å². The van der Waals surface area contributed by atoms with Crippen molar-refractivity contribution in [3.8, 4) is 0 Å². The molecule has 0 radical (unpaired) electrons. The first-order valence-electron chi connectivity index (χ1n) is 13.1. The van der Waals surface area contributed by atoms with Crippen LogP contribution in [0.2, 0.25) is 0 Å². The summed E-state index contributed by atoms with van der Waals surface area (Å²) >= 11 is 0. The minimum Gasteiger partial charge on any atom is -0.478 e. The molecule has 0 saturated heterocycles. The molecule has 2 N–H and O–H groups in total. The maximum absolute atomic E-state index is 11.2. The second-order valence-electron chi connectivity index (χ2n) is 13.1. The van der Waals surface area contributed by atoms with Crippen molar-refractivity contribution in [1.82, 2.24) is 0 Å². The highest BCUT2D eigenvalue weighted by Gasteiger charge is 2.60. The Balaban J connectivity index is 1.48. The molecule has 4 aliphatic carbocycles. The first-order chi connectivity index (χ1) is 14.4. The molecule has 0 spiro atoms. The van der Waals surface area contributed by atoms with Crippen LogP contribution in [0.1, 0.15) is 105 Å². The zero-order valence-electron chi connectivity index (χ0n) is 20.6. The van der Waals surface area contributed by atoms with Crippen molar-refractivity contribution in [2.24, 2.45) is 46.3 Å². The van der Waals surface area contributed by atoms with Gasteiger partial charge < -0.3 is 10.2 Å². The van der Waals surface area contributed by atoms with Crippen LogP contribution in [0.15, 0.2) is 11.6 Å². The molecule has 0 aromatic rings. The topological polar surface area (TPSA) is 57.5 Å². The summed E-state index contributed by atoms with van der Waals surface area (Å²) in [5, 5.41) is 19.4. The molecule has 0 aliphatic heterocycles. The van der Waals surface area contributed by atoms with Crippen molar-refractivity contribution >= 4 is 5.97 Å². The van der Waals surface area contributed by atoms with E-state index in [0.717, 1.165) is 49.4 Å². The van der Waals surface area contributed by atoms with Crippen LogP contribution in [0.5, 0.6) is 0 Å². The largest absolute Gasteiger partial charge is 0.478 e. The van der Waals surface area contributed by atoms with Crippen LogP contribution in [-0.4, -0.2) is 21.8 Å². The Bertz CT molecular complexity index is 718. The lowest BCUT2D eigenvalue weighted by atomic mass is 9.44. The number of hydrogen-bond acceptors (Lipinski definition) is 2. The minimum atomic E-state index is -0.767. The lowest BCUT2D eigenvalue weighted by molar-refractivity contribution is -0.131. The normalized spacial score (nSPS) is 45.0. The molecule has 0 unspecified atom stereocenters. The van der Waals surface area contributed by atoms with Crippen LogP contribution in [0.4, 0.5) is 0 Å². The van der Waals surface area contributed by atoms with Crippen LogP contribution in [0.25, 0.3) is 0 Å². The third kappa shape index (κ3) is 4.25. The smallest absolute Gasteiger partial charge is 0.328 e.